The van der Waals surface area contributed by atoms with Crippen molar-refractivity contribution >= 4 is 8.07 Å². The minimum Gasteiger partial charge on any atom is -0.0691 e. The second-order valence-corrected chi connectivity index (χ2v) is 13.7. The van der Waals surface area contributed by atoms with Crippen molar-refractivity contribution in [3.8, 4) is 0 Å². The highest BCUT2D eigenvalue weighted by Gasteiger charge is 2.82. The zero-order valence-corrected chi connectivity index (χ0v) is 10.8. The summed E-state index contributed by atoms with van der Waals surface area (Å²) in [4.78, 5) is 0. The van der Waals surface area contributed by atoms with E-state index in [0.717, 1.165) is 21.8 Å². The van der Waals surface area contributed by atoms with Crippen LogP contribution in [0.25, 0.3) is 0 Å². The van der Waals surface area contributed by atoms with Gasteiger partial charge in [-0.25, -0.2) is 0 Å². The summed E-state index contributed by atoms with van der Waals surface area (Å²) in [5.41, 5.74) is 1.85. The van der Waals surface area contributed by atoms with Gasteiger partial charge in [0.05, 0.1) is 8.07 Å². The molecule has 4 bridgehead atoms. The maximum atomic E-state index is 2.63. The van der Waals surface area contributed by atoms with E-state index in [-0.39, 0.29) is 0 Å². The van der Waals surface area contributed by atoms with Crippen LogP contribution in [-0.4, -0.2) is 8.07 Å². The van der Waals surface area contributed by atoms with Gasteiger partial charge in [0.25, 0.3) is 0 Å². The van der Waals surface area contributed by atoms with Gasteiger partial charge in [0.2, 0.25) is 0 Å². The van der Waals surface area contributed by atoms with Gasteiger partial charge in [0.15, 0.2) is 0 Å². The Morgan fingerprint density at radius 2 is 1.43 bits per heavy atom. The second-order valence-electron chi connectivity index (χ2n) is 8.10. The van der Waals surface area contributed by atoms with Gasteiger partial charge in [-0.2, -0.15) is 0 Å². The van der Waals surface area contributed by atoms with Crippen LogP contribution in [0.5, 0.6) is 0 Å². The lowest BCUT2D eigenvalue weighted by atomic mass is 9.73. The standard InChI is InChI=1S/C13H22Si/c1-14(2,3)13-6-10-4-11(8-13)7-12(11,5-10)9-13/h10H,4-9H2,1-3H3/t10?,11-,12+,13?. The summed E-state index contributed by atoms with van der Waals surface area (Å²) in [7, 11) is -0.898. The topological polar surface area (TPSA) is 0 Å². The van der Waals surface area contributed by atoms with E-state index in [1.54, 1.807) is 38.5 Å². The van der Waals surface area contributed by atoms with Crippen LogP contribution in [0.15, 0.2) is 0 Å². The van der Waals surface area contributed by atoms with Crippen molar-refractivity contribution in [1.29, 1.82) is 0 Å². The van der Waals surface area contributed by atoms with E-state index < -0.39 is 8.07 Å². The summed E-state index contributed by atoms with van der Waals surface area (Å²) >= 11 is 0. The monoisotopic (exact) mass is 206 g/mol. The summed E-state index contributed by atoms with van der Waals surface area (Å²) in [6.45, 7) is 7.90. The fourth-order valence-corrected chi connectivity index (χ4v) is 8.68. The summed E-state index contributed by atoms with van der Waals surface area (Å²) in [6.07, 6.45) is 9.87. The molecule has 0 nitrogen and oxygen atoms in total. The average Bonchev–Trinajstić information content (AvgIpc) is 2.35. The van der Waals surface area contributed by atoms with Crippen molar-refractivity contribution in [3.05, 3.63) is 0 Å². The van der Waals surface area contributed by atoms with Crippen molar-refractivity contribution in [2.75, 3.05) is 0 Å². The molecule has 2 spiro atoms. The van der Waals surface area contributed by atoms with E-state index in [4.69, 9.17) is 0 Å². The van der Waals surface area contributed by atoms with Gasteiger partial charge in [0.1, 0.15) is 0 Å². The molecule has 0 amide bonds. The Morgan fingerprint density at radius 3 is 1.86 bits per heavy atom. The molecule has 78 valence electrons. The summed E-state index contributed by atoms with van der Waals surface area (Å²) in [5, 5.41) is 0.895. The van der Waals surface area contributed by atoms with E-state index >= 15 is 0 Å². The molecular formula is C13H22Si. The van der Waals surface area contributed by atoms with Gasteiger partial charge < -0.3 is 0 Å². The van der Waals surface area contributed by atoms with E-state index in [1.165, 1.54) is 0 Å². The Balaban J connectivity index is 1.82. The first-order valence-corrected chi connectivity index (χ1v) is 9.91. The SMILES string of the molecule is C[Si](C)(C)C12CC3C[C@]4(C1)C[C@@]4(C3)C2. The van der Waals surface area contributed by atoms with Gasteiger partial charge in [-0.15, -0.1) is 0 Å². The van der Waals surface area contributed by atoms with Crippen LogP contribution in [0, 0.1) is 16.7 Å². The fourth-order valence-electron chi connectivity index (χ4n) is 6.04. The first kappa shape index (κ1) is 8.38. The van der Waals surface area contributed by atoms with Crippen molar-refractivity contribution in [3.63, 3.8) is 0 Å². The molecule has 1 heteroatoms. The van der Waals surface area contributed by atoms with E-state index in [1.807, 2.05) is 0 Å². The number of rotatable bonds is 1. The zero-order valence-electron chi connectivity index (χ0n) is 9.82. The summed E-state index contributed by atoms with van der Waals surface area (Å²) < 4.78 is 0. The van der Waals surface area contributed by atoms with E-state index in [0.29, 0.717) is 0 Å². The third-order valence-electron chi connectivity index (χ3n) is 6.66. The van der Waals surface area contributed by atoms with Crippen molar-refractivity contribution in [2.45, 2.75) is 63.2 Å². The number of hydrogen-bond donors (Lipinski definition) is 0. The molecule has 5 aliphatic carbocycles. The van der Waals surface area contributed by atoms with Crippen LogP contribution in [0.2, 0.25) is 24.7 Å². The van der Waals surface area contributed by atoms with Crippen molar-refractivity contribution in [2.24, 2.45) is 16.7 Å². The molecule has 0 aliphatic heterocycles. The van der Waals surface area contributed by atoms with Crippen LogP contribution < -0.4 is 0 Å². The van der Waals surface area contributed by atoms with Gasteiger partial charge in [-0.05, 0) is 60.3 Å². The molecule has 0 aromatic rings. The molecule has 5 saturated carbocycles. The van der Waals surface area contributed by atoms with Gasteiger partial charge in [0, 0.05) is 0 Å². The van der Waals surface area contributed by atoms with Crippen molar-refractivity contribution < 1.29 is 0 Å². The minimum atomic E-state index is -0.898. The molecule has 0 radical (unpaired) electrons. The largest absolute Gasteiger partial charge is 0.0691 e. The maximum Gasteiger partial charge on any atom is 0.0506 e. The molecule has 4 atom stereocenters. The molecule has 0 heterocycles. The summed E-state index contributed by atoms with van der Waals surface area (Å²) in [5.74, 6) is 1.16. The highest BCUT2D eigenvalue weighted by Crippen LogP contribution is 2.93. The molecule has 0 N–H and O–H groups in total. The lowest BCUT2D eigenvalue weighted by Gasteiger charge is -2.50. The van der Waals surface area contributed by atoms with Crippen LogP contribution in [0.3, 0.4) is 0 Å². The predicted octanol–water partition coefficient (Wildman–Crippen LogP) is 4.05. The Labute approximate surface area is 88.5 Å². The van der Waals surface area contributed by atoms with Crippen molar-refractivity contribution in [1.82, 2.24) is 0 Å². The molecule has 5 rings (SSSR count). The van der Waals surface area contributed by atoms with E-state index in [2.05, 4.69) is 19.6 Å². The molecule has 14 heavy (non-hydrogen) atoms. The molecule has 5 fully saturated rings. The Morgan fingerprint density at radius 1 is 0.857 bits per heavy atom. The summed E-state index contributed by atoms with van der Waals surface area (Å²) in [6, 6.07) is 0. The normalized spacial score (nSPS) is 63.2. The molecule has 0 saturated heterocycles. The van der Waals surface area contributed by atoms with Crippen LogP contribution in [0.1, 0.15) is 38.5 Å². The van der Waals surface area contributed by atoms with Crippen LogP contribution in [0.4, 0.5) is 0 Å². The quantitative estimate of drug-likeness (QED) is 0.568. The minimum absolute atomic E-state index is 0.895. The highest BCUT2D eigenvalue weighted by atomic mass is 28.3. The molecule has 0 aromatic heterocycles. The Kier molecular flexibility index (Phi) is 1.07. The van der Waals surface area contributed by atoms with Gasteiger partial charge in [-0.1, -0.05) is 19.6 Å². The Hall–Kier alpha value is 0.217. The van der Waals surface area contributed by atoms with Gasteiger partial charge in [-0.3, -0.25) is 0 Å². The maximum absolute atomic E-state index is 2.63. The second kappa shape index (κ2) is 1.79. The number of hydrogen-bond acceptors (Lipinski definition) is 0. The molecule has 2 unspecified atom stereocenters. The van der Waals surface area contributed by atoms with Crippen LogP contribution >= 0.6 is 0 Å². The zero-order chi connectivity index (χ0) is 9.82. The van der Waals surface area contributed by atoms with Crippen LogP contribution in [-0.2, 0) is 0 Å². The fraction of sp³-hybridized carbons (Fsp3) is 1.00. The predicted molar refractivity (Wildman–Crippen MR) is 62.1 cm³/mol. The highest BCUT2D eigenvalue weighted by molar-refractivity contribution is 6.79. The third-order valence-corrected chi connectivity index (χ3v) is 10.4. The first-order chi connectivity index (χ1) is 6.41. The third kappa shape index (κ3) is 0.635. The first-order valence-electron chi connectivity index (χ1n) is 6.41. The smallest absolute Gasteiger partial charge is 0.0506 e. The lowest BCUT2D eigenvalue weighted by molar-refractivity contribution is 0.204. The van der Waals surface area contributed by atoms with E-state index in [9.17, 15) is 0 Å². The lowest BCUT2D eigenvalue weighted by Crippen LogP contribution is -2.44. The Bertz CT molecular complexity index is 307. The molecule has 0 aromatic carbocycles. The molecular weight excluding hydrogens is 184 g/mol. The van der Waals surface area contributed by atoms with Gasteiger partial charge >= 0.3 is 0 Å². The molecule has 5 aliphatic rings. The average molecular weight is 206 g/mol.